The van der Waals surface area contributed by atoms with Crippen LogP contribution in [0, 0.1) is 12.7 Å². The van der Waals surface area contributed by atoms with Crippen molar-refractivity contribution in [1.82, 2.24) is 10.2 Å². The molecule has 0 heterocycles. The Bertz CT molecular complexity index is 1300. The molecule has 0 bridgehead atoms. The SMILES string of the molecule is CCNC(=O)[C@@H](C)N(Cc1ccccc1C)C(=O)CN(c1ccc(F)cc1)S(=O)(=O)c1ccccc1. The minimum absolute atomic E-state index is 0.00986. The highest BCUT2D eigenvalue weighted by Crippen LogP contribution is 2.25. The minimum atomic E-state index is -4.17. The number of benzene rings is 3. The molecule has 1 N–H and O–H groups in total. The standard InChI is InChI=1S/C27H30FN3O4S/c1-4-29-27(33)21(3)30(18-22-11-9-8-10-20(22)2)26(32)19-31(24-16-14-23(28)15-17-24)36(34,35)25-12-6-5-7-13-25/h5-17,21H,4,18-19H2,1-3H3,(H,29,33)/t21-/m1/s1. The topological polar surface area (TPSA) is 86.8 Å². The van der Waals surface area contributed by atoms with Crippen molar-refractivity contribution in [2.45, 2.75) is 38.3 Å². The number of sulfonamides is 1. The number of nitrogens with one attached hydrogen (secondary N) is 1. The number of aryl methyl sites for hydroxylation is 1. The van der Waals surface area contributed by atoms with Gasteiger partial charge in [-0.15, -0.1) is 0 Å². The second kappa shape index (κ2) is 11.8. The largest absolute Gasteiger partial charge is 0.355 e. The third-order valence-electron chi connectivity index (χ3n) is 5.84. The molecule has 0 unspecified atom stereocenters. The van der Waals surface area contributed by atoms with E-state index in [1.165, 1.54) is 29.2 Å². The quantitative estimate of drug-likeness (QED) is 0.448. The fraction of sp³-hybridized carbons (Fsp3) is 0.259. The van der Waals surface area contributed by atoms with Crippen LogP contribution in [0.25, 0.3) is 0 Å². The molecule has 0 fully saturated rings. The molecule has 0 saturated carbocycles. The third-order valence-corrected chi connectivity index (χ3v) is 7.63. The van der Waals surface area contributed by atoms with E-state index in [2.05, 4.69) is 5.32 Å². The Morgan fingerprint density at radius 3 is 2.17 bits per heavy atom. The molecular formula is C27H30FN3O4S. The monoisotopic (exact) mass is 511 g/mol. The molecule has 0 aliphatic carbocycles. The highest BCUT2D eigenvalue weighted by atomic mass is 32.2. The highest BCUT2D eigenvalue weighted by Gasteiger charge is 2.32. The van der Waals surface area contributed by atoms with E-state index < -0.39 is 34.3 Å². The van der Waals surface area contributed by atoms with E-state index >= 15 is 0 Å². The van der Waals surface area contributed by atoms with E-state index in [0.29, 0.717) is 6.54 Å². The van der Waals surface area contributed by atoms with E-state index in [1.54, 1.807) is 32.0 Å². The van der Waals surface area contributed by atoms with Crippen LogP contribution < -0.4 is 9.62 Å². The predicted octanol–water partition coefficient (Wildman–Crippen LogP) is 3.88. The molecule has 3 aromatic carbocycles. The van der Waals surface area contributed by atoms with Gasteiger partial charge in [-0.1, -0.05) is 42.5 Å². The summed E-state index contributed by atoms with van der Waals surface area (Å²) in [6, 6.07) is 19.2. The zero-order valence-electron chi connectivity index (χ0n) is 20.5. The fourth-order valence-corrected chi connectivity index (χ4v) is 5.17. The summed E-state index contributed by atoms with van der Waals surface area (Å²) in [4.78, 5) is 27.8. The van der Waals surface area contributed by atoms with Crippen molar-refractivity contribution < 1.29 is 22.4 Å². The maximum atomic E-state index is 13.7. The van der Waals surface area contributed by atoms with Crippen LogP contribution in [-0.2, 0) is 26.2 Å². The molecule has 190 valence electrons. The number of anilines is 1. The number of hydrogen-bond donors (Lipinski definition) is 1. The molecule has 3 rings (SSSR count). The lowest BCUT2D eigenvalue weighted by Gasteiger charge is -2.32. The Morgan fingerprint density at radius 1 is 0.944 bits per heavy atom. The first-order chi connectivity index (χ1) is 17.1. The van der Waals surface area contributed by atoms with E-state index in [-0.39, 0.29) is 23.0 Å². The third kappa shape index (κ3) is 6.28. The Kier molecular flexibility index (Phi) is 8.82. The summed E-state index contributed by atoms with van der Waals surface area (Å²) in [5.41, 5.74) is 1.90. The zero-order valence-corrected chi connectivity index (χ0v) is 21.3. The lowest BCUT2D eigenvalue weighted by Crippen LogP contribution is -2.51. The molecule has 3 aromatic rings. The second-order valence-electron chi connectivity index (χ2n) is 8.32. The Hall–Kier alpha value is -3.72. The number of carbonyl (C=O) groups excluding carboxylic acids is 2. The number of nitrogens with zero attached hydrogens (tertiary/aromatic N) is 2. The molecule has 0 saturated heterocycles. The fourth-order valence-electron chi connectivity index (χ4n) is 3.73. The van der Waals surface area contributed by atoms with Gasteiger partial charge in [-0.05, 0) is 68.3 Å². The summed E-state index contributed by atoms with van der Waals surface area (Å²) in [7, 11) is -4.17. The van der Waals surface area contributed by atoms with E-state index in [4.69, 9.17) is 0 Å². The van der Waals surface area contributed by atoms with Gasteiger partial charge in [-0.2, -0.15) is 0 Å². The van der Waals surface area contributed by atoms with Crippen molar-refractivity contribution in [2.24, 2.45) is 0 Å². The normalized spacial score (nSPS) is 12.0. The number of likely N-dealkylation sites (N-methyl/N-ethyl adjacent to an activating group) is 1. The van der Waals surface area contributed by atoms with E-state index in [0.717, 1.165) is 27.6 Å². The van der Waals surface area contributed by atoms with Crippen molar-refractivity contribution in [1.29, 1.82) is 0 Å². The summed E-state index contributed by atoms with van der Waals surface area (Å²) in [5.74, 6) is -1.45. The van der Waals surface area contributed by atoms with Gasteiger partial charge in [0.1, 0.15) is 18.4 Å². The number of carbonyl (C=O) groups is 2. The number of hydrogen-bond acceptors (Lipinski definition) is 4. The number of amides is 2. The highest BCUT2D eigenvalue weighted by molar-refractivity contribution is 7.92. The van der Waals surface area contributed by atoms with Crippen LogP contribution in [0.15, 0.2) is 83.8 Å². The zero-order chi connectivity index (χ0) is 26.3. The maximum absolute atomic E-state index is 13.7. The van der Waals surface area contributed by atoms with Crippen LogP contribution in [-0.4, -0.2) is 44.3 Å². The van der Waals surface area contributed by atoms with Gasteiger partial charge in [0.05, 0.1) is 10.6 Å². The van der Waals surface area contributed by atoms with Gasteiger partial charge >= 0.3 is 0 Å². The molecule has 2 amide bonds. The van der Waals surface area contributed by atoms with Crippen molar-refractivity contribution in [2.75, 3.05) is 17.4 Å². The number of halogens is 1. The summed E-state index contributed by atoms with van der Waals surface area (Å²) in [6.45, 7) is 5.22. The van der Waals surface area contributed by atoms with Gasteiger partial charge in [-0.3, -0.25) is 13.9 Å². The molecule has 0 aliphatic rings. The van der Waals surface area contributed by atoms with E-state index in [9.17, 15) is 22.4 Å². The average Bonchev–Trinajstić information content (AvgIpc) is 2.87. The summed E-state index contributed by atoms with van der Waals surface area (Å²) in [5, 5.41) is 2.72. The van der Waals surface area contributed by atoms with Crippen LogP contribution in [0.2, 0.25) is 0 Å². The molecule has 0 radical (unpaired) electrons. The van der Waals surface area contributed by atoms with Crippen molar-refractivity contribution in [3.63, 3.8) is 0 Å². The molecule has 36 heavy (non-hydrogen) atoms. The van der Waals surface area contributed by atoms with Crippen LogP contribution in [0.5, 0.6) is 0 Å². The van der Waals surface area contributed by atoms with E-state index in [1.807, 2.05) is 31.2 Å². The van der Waals surface area contributed by atoms with Crippen molar-refractivity contribution in [3.05, 3.63) is 95.8 Å². The van der Waals surface area contributed by atoms with Crippen LogP contribution in [0.3, 0.4) is 0 Å². The van der Waals surface area contributed by atoms with Gasteiger partial charge in [0.25, 0.3) is 10.0 Å². The molecule has 0 spiro atoms. The Balaban J connectivity index is 2.02. The van der Waals surface area contributed by atoms with Gasteiger partial charge < -0.3 is 10.2 Å². The summed E-state index contributed by atoms with van der Waals surface area (Å²) < 4.78 is 41.7. The lowest BCUT2D eigenvalue weighted by molar-refractivity contribution is -0.139. The first-order valence-electron chi connectivity index (χ1n) is 11.6. The van der Waals surface area contributed by atoms with Crippen molar-refractivity contribution >= 4 is 27.5 Å². The first-order valence-corrected chi connectivity index (χ1v) is 13.0. The van der Waals surface area contributed by atoms with Crippen LogP contribution in [0.4, 0.5) is 10.1 Å². The molecular weight excluding hydrogens is 481 g/mol. The second-order valence-corrected chi connectivity index (χ2v) is 10.2. The van der Waals surface area contributed by atoms with Gasteiger partial charge in [0, 0.05) is 13.1 Å². The maximum Gasteiger partial charge on any atom is 0.264 e. The molecule has 7 nitrogen and oxygen atoms in total. The molecule has 0 aliphatic heterocycles. The predicted molar refractivity (Wildman–Crippen MR) is 137 cm³/mol. The molecule has 0 aromatic heterocycles. The Morgan fingerprint density at radius 2 is 1.56 bits per heavy atom. The minimum Gasteiger partial charge on any atom is -0.355 e. The number of rotatable bonds is 10. The van der Waals surface area contributed by atoms with Gasteiger partial charge in [0.2, 0.25) is 11.8 Å². The van der Waals surface area contributed by atoms with Crippen molar-refractivity contribution in [3.8, 4) is 0 Å². The first kappa shape index (κ1) is 26.9. The van der Waals surface area contributed by atoms with Gasteiger partial charge in [0.15, 0.2) is 0 Å². The smallest absolute Gasteiger partial charge is 0.264 e. The molecule has 9 heteroatoms. The van der Waals surface area contributed by atoms with Crippen LogP contribution in [0.1, 0.15) is 25.0 Å². The molecule has 1 atom stereocenters. The Labute approximate surface area is 211 Å². The average molecular weight is 512 g/mol. The van der Waals surface area contributed by atoms with Gasteiger partial charge in [-0.25, -0.2) is 12.8 Å². The summed E-state index contributed by atoms with van der Waals surface area (Å²) >= 11 is 0. The lowest BCUT2D eigenvalue weighted by atomic mass is 10.1. The summed E-state index contributed by atoms with van der Waals surface area (Å²) in [6.07, 6.45) is 0. The van der Waals surface area contributed by atoms with Crippen LogP contribution >= 0.6 is 0 Å².